The standard InChI is InChI=1S/C4H2F6O/c5-2-1(11-2)3(6,7)4(8,9)10/h1-2H. The van der Waals surface area contributed by atoms with Crippen LogP contribution in [0, 0.1) is 0 Å². The summed E-state index contributed by atoms with van der Waals surface area (Å²) in [6, 6.07) is 0. The topological polar surface area (TPSA) is 12.5 Å². The molecule has 0 aromatic carbocycles. The van der Waals surface area contributed by atoms with Crippen molar-refractivity contribution in [2.24, 2.45) is 0 Å². The summed E-state index contributed by atoms with van der Waals surface area (Å²) < 4.78 is 72.6. The third-order valence-corrected chi connectivity index (χ3v) is 1.17. The van der Waals surface area contributed by atoms with E-state index in [2.05, 4.69) is 4.74 Å². The SMILES string of the molecule is FC1OC1C(F)(F)C(F)(F)F. The summed E-state index contributed by atoms with van der Waals surface area (Å²) in [5.41, 5.74) is 0. The van der Waals surface area contributed by atoms with Gasteiger partial charge >= 0.3 is 12.1 Å². The van der Waals surface area contributed by atoms with Gasteiger partial charge in [-0.05, 0) is 0 Å². The summed E-state index contributed by atoms with van der Waals surface area (Å²) in [6.45, 7) is 0. The zero-order chi connectivity index (χ0) is 8.86. The lowest BCUT2D eigenvalue weighted by atomic mass is 10.2. The Balaban J connectivity index is 2.67. The van der Waals surface area contributed by atoms with Crippen molar-refractivity contribution in [1.29, 1.82) is 0 Å². The molecule has 1 nitrogen and oxygen atoms in total. The molecule has 2 unspecified atom stereocenters. The van der Waals surface area contributed by atoms with Crippen LogP contribution in [0.4, 0.5) is 26.3 Å². The molecule has 2 atom stereocenters. The van der Waals surface area contributed by atoms with Crippen molar-refractivity contribution >= 4 is 0 Å². The summed E-state index contributed by atoms with van der Waals surface area (Å²) in [7, 11) is 0. The van der Waals surface area contributed by atoms with E-state index < -0.39 is 24.6 Å². The van der Waals surface area contributed by atoms with Gasteiger partial charge in [0, 0.05) is 0 Å². The Hall–Kier alpha value is -0.460. The number of halogens is 6. The zero-order valence-electron chi connectivity index (χ0n) is 4.83. The largest absolute Gasteiger partial charge is 0.456 e. The molecular formula is C4H2F6O. The van der Waals surface area contributed by atoms with Crippen molar-refractivity contribution in [3.63, 3.8) is 0 Å². The first kappa shape index (κ1) is 8.63. The van der Waals surface area contributed by atoms with Gasteiger partial charge in [0.1, 0.15) is 0 Å². The normalized spacial score (nSPS) is 32.2. The average molecular weight is 180 g/mol. The third-order valence-electron chi connectivity index (χ3n) is 1.17. The molecule has 1 fully saturated rings. The average Bonchev–Trinajstić information content (AvgIpc) is 2.43. The highest BCUT2D eigenvalue weighted by molar-refractivity contribution is 4.95. The Kier molecular flexibility index (Phi) is 1.59. The van der Waals surface area contributed by atoms with Gasteiger partial charge < -0.3 is 4.74 Å². The quantitative estimate of drug-likeness (QED) is 0.443. The van der Waals surface area contributed by atoms with Crippen LogP contribution in [0.15, 0.2) is 0 Å². The molecule has 1 rings (SSSR count). The number of hydrogen-bond donors (Lipinski definition) is 0. The number of hydrogen-bond acceptors (Lipinski definition) is 1. The summed E-state index contributed by atoms with van der Waals surface area (Å²) in [6.07, 6.45) is -10.9. The molecule has 0 aromatic rings. The van der Waals surface area contributed by atoms with Crippen molar-refractivity contribution in [3.8, 4) is 0 Å². The molecule has 1 aliphatic heterocycles. The van der Waals surface area contributed by atoms with E-state index in [0.29, 0.717) is 0 Å². The van der Waals surface area contributed by atoms with Crippen molar-refractivity contribution in [3.05, 3.63) is 0 Å². The molecule has 0 bridgehead atoms. The van der Waals surface area contributed by atoms with Crippen LogP contribution in [-0.4, -0.2) is 24.6 Å². The molecular weight excluding hydrogens is 178 g/mol. The molecule has 0 saturated carbocycles. The van der Waals surface area contributed by atoms with Crippen molar-refractivity contribution < 1.29 is 31.1 Å². The lowest BCUT2D eigenvalue weighted by Crippen LogP contribution is -2.42. The monoisotopic (exact) mass is 180 g/mol. The Morgan fingerprint density at radius 1 is 1.00 bits per heavy atom. The minimum absolute atomic E-state index is 2.49. The Labute approximate surface area is 56.9 Å². The van der Waals surface area contributed by atoms with E-state index in [1.807, 2.05) is 0 Å². The Morgan fingerprint density at radius 3 is 1.45 bits per heavy atom. The maximum Gasteiger partial charge on any atom is 0.456 e. The number of epoxide rings is 1. The molecule has 1 aliphatic rings. The predicted octanol–water partition coefficient (Wildman–Crippen LogP) is 1.88. The molecule has 11 heavy (non-hydrogen) atoms. The minimum Gasteiger partial charge on any atom is -0.330 e. The van der Waals surface area contributed by atoms with Crippen LogP contribution in [0.1, 0.15) is 0 Å². The van der Waals surface area contributed by atoms with Crippen molar-refractivity contribution in [1.82, 2.24) is 0 Å². The fraction of sp³-hybridized carbons (Fsp3) is 1.00. The van der Waals surface area contributed by atoms with Crippen LogP contribution in [-0.2, 0) is 4.74 Å². The molecule has 0 N–H and O–H groups in total. The maximum absolute atomic E-state index is 11.9. The van der Waals surface area contributed by atoms with Crippen LogP contribution < -0.4 is 0 Å². The van der Waals surface area contributed by atoms with E-state index >= 15 is 0 Å². The third kappa shape index (κ3) is 1.29. The highest BCUT2D eigenvalue weighted by Crippen LogP contribution is 2.47. The fourth-order valence-corrected chi connectivity index (χ4v) is 0.506. The van der Waals surface area contributed by atoms with Gasteiger partial charge in [-0.3, -0.25) is 0 Å². The first-order chi connectivity index (χ1) is 4.77. The summed E-state index contributed by atoms with van der Waals surface area (Å²) in [5.74, 6) is -5.08. The molecule has 0 aromatic heterocycles. The summed E-state index contributed by atoms with van der Waals surface area (Å²) in [5, 5.41) is 0. The van der Waals surface area contributed by atoms with Gasteiger partial charge in [-0.1, -0.05) is 0 Å². The van der Waals surface area contributed by atoms with E-state index in [1.165, 1.54) is 0 Å². The van der Waals surface area contributed by atoms with Gasteiger partial charge in [0.25, 0.3) is 0 Å². The minimum atomic E-state index is -5.74. The fourth-order valence-electron chi connectivity index (χ4n) is 0.506. The second-order valence-corrected chi connectivity index (χ2v) is 2.03. The van der Waals surface area contributed by atoms with Gasteiger partial charge in [-0.25, -0.2) is 4.39 Å². The van der Waals surface area contributed by atoms with Gasteiger partial charge in [-0.15, -0.1) is 0 Å². The van der Waals surface area contributed by atoms with Crippen LogP contribution >= 0.6 is 0 Å². The lowest BCUT2D eigenvalue weighted by molar-refractivity contribution is -0.288. The number of ether oxygens (including phenoxy) is 1. The van der Waals surface area contributed by atoms with Gasteiger partial charge in [0.05, 0.1) is 0 Å². The summed E-state index contributed by atoms with van der Waals surface area (Å²) >= 11 is 0. The van der Waals surface area contributed by atoms with Crippen LogP contribution in [0.2, 0.25) is 0 Å². The molecule has 0 amide bonds. The van der Waals surface area contributed by atoms with E-state index in [9.17, 15) is 26.3 Å². The van der Waals surface area contributed by atoms with Crippen molar-refractivity contribution in [2.75, 3.05) is 0 Å². The molecule has 1 saturated heterocycles. The van der Waals surface area contributed by atoms with Gasteiger partial charge in [-0.2, -0.15) is 22.0 Å². The lowest BCUT2D eigenvalue weighted by Gasteiger charge is -2.16. The molecule has 7 heteroatoms. The van der Waals surface area contributed by atoms with E-state index in [-0.39, 0.29) is 0 Å². The molecule has 0 aliphatic carbocycles. The number of alkyl halides is 6. The highest BCUT2D eigenvalue weighted by atomic mass is 19.4. The van der Waals surface area contributed by atoms with E-state index in [4.69, 9.17) is 0 Å². The van der Waals surface area contributed by atoms with Crippen molar-refractivity contribution in [2.45, 2.75) is 24.6 Å². The molecule has 0 radical (unpaired) electrons. The smallest absolute Gasteiger partial charge is 0.330 e. The first-order valence-electron chi connectivity index (χ1n) is 2.51. The van der Waals surface area contributed by atoms with Gasteiger partial charge in [0.15, 0.2) is 6.10 Å². The Bertz CT molecular complexity index is 162. The zero-order valence-corrected chi connectivity index (χ0v) is 4.83. The summed E-state index contributed by atoms with van der Waals surface area (Å²) in [4.78, 5) is 0. The van der Waals surface area contributed by atoms with E-state index in [0.717, 1.165) is 0 Å². The first-order valence-corrected chi connectivity index (χ1v) is 2.51. The second kappa shape index (κ2) is 2.02. The second-order valence-electron chi connectivity index (χ2n) is 2.03. The molecule has 1 heterocycles. The molecule has 66 valence electrons. The predicted molar refractivity (Wildman–Crippen MR) is 20.8 cm³/mol. The van der Waals surface area contributed by atoms with Gasteiger partial charge in [0.2, 0.25) is 6.36 Å². The maximum atomic E-state index is 11.9. The highest BCUT2D eigenvalue weighted by Gasteiger charge is 2.72. The van der Waals surface area contributed by atoms with Crippen LogP contribution in [0.25, 0.3) is 0 Å². The Morgan fingerprint density at radius 2 is 1.36 bits per heavy atom. The number of rotatable bonds is 1. The van der Waals surface area contributed by atoms with Crippen LogP contribution in [0.3, 0.4) is 0 Å². The van der Waals surface area contributed by atoms with Crippen LogP contribution in [0.5, 0.6) is 0 Å². The molecule has 0 spiro atoms. The van der Waals surface area contributed by atoms with E-state index in [1.54, 1.807) is 0 Å².